The molecule has 10 heteroatoms. The van der Waals surface area contributed by atoms with Crippen LogP contribution in [-0.4, -0.2) is 60.1 Å². The van der Waals surface area contributed by atoms with Gasteiger partial charge in [0.15, 0.2) is 11.6 Å². The molecule has 5 heterocycles. The Hall–Kier alpha value is -2.39. The first-order valence-corrected chi connectivity index (χ1v) is 14.2. The molecule has 3 aromatic heterocycles. The maximum Gasteiger partial charge on any atom is 2.00 e. The maximum atomic E-state index is 5.21. The number of fused-ring (bicyclic) bond motifs is 2. The number of halogens is 2. The Labute approximate surface area is 266 Å². The number of imidazole rings is 2. The molecule has 7 rings (SSSR count). The summed E-state index contributed by atoms with van der Waals surface area (Å²) in [6, 6.07) is 23.2. The van der Waals surface area contributed by atoms with E-state index in [1.54, 1.807) is 0 Å². The van der Waals surface area contributed by atoms with E-state index in [4.69, 9.17) is 15.0 Å². The molecule has 41 heavy (non-hydrogen) atoms. The van der Waals surface area contributed by atoms with Crippen molar-refractivity contribution in [2.75, 3.05) is 26.2 Å². The van der Waals surface area contributed by atoms with E-state index in [1.807, 2.05) is 0 Å². The van der Waals surface area contributed by atoms with Gasteiger partial charge in [0.05, 0.1) is 35.4 Å². The topological polar surface area (TPSA) is 55.0 Å². The molecule has 0 aliphatic carbocycles. The summed E-state index contributed by atoms with van der Waals surface area (Å²) in [6.07, 6.45) is 7.73. The number of likely N-dealkylation sites (tertiary alicyclic amines) is 2. The van der Waals surface area contributed by atoms with Crippen LogP contribution in [-0.2, 0) is 31.9 Å². The zero-order chi connectivity index (χ0) is 25.3. The van der Waals surface area contributed by atoms with Gasteiger partial charge in [0.2, 0.25) is 0 Å². The van der Waals surface area contributed by atoms with Gasteiger partial charge in [-0.1, -0.05) is 43.2 Å². The number of rotatable bonds is 6. The fraction of sp³-hybridized carbons (Fsp3) is 0.387. The molecule has 0 unspecified atom stereocenters. The molecule has 2 saturated heterocycles. The van der Waals surface area contributed by atoms with Crippen molar-refractivity contribution in [3.8, 4) is 23.0 Å². The van der Waals surface area contributed by atoms with Gasteiger partial charge in [0, 0.05) is 0 Å². The third-order valence-corrected chi connectivity index (χ3v) is 8.10. The van der Waals surface area contributed by atoms with E-state index in [0.717, 1.165) is 84.6 Å². The second kappa shape index (κ2) is 14.2. The van der Waals surface area contributed by atoms with Crippen LogP contribution >= 0.6 is 0 Å². The molecule has 2 aliphatic rings. The van der Waals surface area contributed by atoms with E-state index >= 15 is 0 Å². The molecule has 2 fully saturated rings. The summed E-state index contributed by atoms with van der Waals surface area (Å²) in [5, 5.41) is 0. The minimum atomic E-state index is 0. The molecule has 2 aromatic carbocycles. The standard InChI is InChI=1S/C31H35N7.2ClH.V/c1-7-18-35(19-8-1)22-37-28-16-5-3-12-24(28)33-30(37)26-14-11-15-27(32-26)31-34-25-13-4-6-17-29(25)38(31)23-36-20-9-2-10-21-36;;;/h3-6,11-17H,1-2,7-10,18-23H2;2*1H;/q;;;+2/p-2. The number of nitrogens with zero attached hydrogens (tertiary/aromatic N) is 7. The molecule has 5 aromatic rings. The first kappa shape index (κ1) is 31.5. The molecule has 2 aliphatic heterocycles. The van der Waals surface area contributed by atoms with Gasteiger partial charge in [-0.05, 0) is 88.3 Å². The number of aromatic nitrogens is 5. The molecule has 0 amide bonds. The fourth-order valence-electron chi connectivity index (χ4n) is 6.11. The maximum absolute atomic E-state index is 5.21. The van der Waals surface area contributed by atoms with Crippen molar-refractivity contribution in [3.63, 3.8) is 0 Å². The minimum Gasteiger partial charge on any atom is -1.00 e. The zero-order valence-electron chi connectivity index (χ0n) is 23.2. The van der Waals surface area contributed by atoms with Gasteiger partial charge in [-0.3, -0.25) is 9.80 Å². The van der Waals surface area contributed by atoms with Crippen LogP contribution in [0.1, 0.15) is 38.5 Å². The Morgan fingerprint density at radius 3 is 1.34 bits per heavy atom. The normalized spacial score (nSPS) is 16.2. The van der Waals surface area contributed by atoms with Crippen LogP contribution in [0.2, 0.25) is 0 Å². The molecule has 7 nitrogen and oxygen atoms in total. The van der Waals surface area contributed by atoms with Crippen molar-refractivity contribution >= 4 is 22.1 Å². The summed E-state index contributed by atoms with van der Waals surface area (Å²) in [4.78, 5) is 20.5. The van der Waals surface area contributed by atoms with Gasteiger partial charge in [0.25, 0.3) is 0 Å². The van der Waals surface area contributed by atoms with Gasteiger partial charge >= 0.3 is 18.6 Å². The number of para-hydroxylation sites is 4. The Kier molecular flexibility index (Phi) is 10.9. The van der Waals surface area contributed by atoms with E-state index in [0.29, 0.717) is 0 Å². The van der Waals surface area contributed by atoms with Crippen LogP contribution in [0.4, 0.5) is 0 Å². The summed E-state index contributed by atoms with van der Waals surface area (Å²) in [5.74, 6) is 1.86. The molecule has 0 N–H and O–H groups in total. The largest absolute Gasteiger partial charge is 2.00 e. The molecular formula is C31H35Cl2N7V. The van der Waals surface area contributed by atoms with Crippen molar-refractivity contribution in [1.29, 1.82) is 0 Å². The third kappa shape index (κ3) is 6.51. The quantitative estimate of drug-likeness (QED) is 0.266. The Balaban J connectivity index is 0.00000129. The van der Waals surface area contributed by atoms with Gasteiger partial charge in [-0.25, -0.2) is 15.0 Å². The number of pyridine rings is 1. The third-order valence-electron chi connectivity index (χ3n) is 8.10. The summed E-state index contributed by atoms with van der Waals surface area (Å²) in [6.45, 7) is 6.24. The SMILES string of the molecule is [Cl-].[Cl-].[V+2].c1cc(-c2nc3ccccc3n2CN2CCCCC2)nc(-c2nc3ccccc3n2CN2CCCCC2)c1. The Bertz CT molecular complexity index is 1460. The van der Waals surface area contributed by atoms with Crippen LogP contribution in [0, 0.1) is 0 Å². The van der Waals surface area contributed by atoms with Crippen molar-refractivity contribution in [2.24, 2.45) is 0 Å². The zero-order valence-corrected chi connectivity index (χ0v) is 26.1. The first-order chi connectivity index (χ1) is 18.8. The van der Waals surface area contributed by atoms with E-state index in [1.165, 1.54) is 38.5 Å². The van der Waals surface area contributed by atoms with Crippen LogP contribution < -0.4 is 24.8 Å². The first-order valence-electron chi connectivity index (χ1n) is 14.2. The minimum absolute atomic E-state index is 0. The molecule has 0 saturated carbocycles. The van der Waals surface area contributed by atoms with E-state index < -0.39 is 0 Å². The van der Waals surface area contributed by atoms with Gasteiger partial charge in [-0.15, -0.1) is 0 Å². The Morgan fingerprint density at radius 2 is 0.902 bits per heavy atom. The van der Waals surface area contributed by atoms with E-state index in [9.17, 15) is 0 Å². The predicted molar refractivity (Wildman–Crippen MR) is 153 cm³/mol. The van der Waals surface area contributed by atoms with Crippen molar-refractivity contribution < 1.29 is 43.4 Å². The Morgan fingerprint density at radius 1 is 0.488 bits per heavy atom. The predicted octanol–water partition coefficient (Wildman–Crippen LogP) is 0.00730. The average Bonchev–Trinajstić information content (AvgIpc) is 3.53. The summed E-state index contributed by atoms with van der Waals surface area (Å²) in [7, 11) is 0. The monoisotopic (exact) mass is 626 g/mol. The van der Waals surface area contributed by atoms with E-state index in [-0.39, 0.29) is 43.4 Å². The number of piperidine rings is 2. The van der Waals surface area contributed by atoms with Crippen LogP contribution in [0.3, 0.4) is 0 Å². The van der Waals surface area contributed by atoms with E-state index in [2.05, 4.69) is 85.7 Å². The number of hydrogen-bond donors (Lipinski definition) is 0. The number of hydrogen-bond acceptors (Lipinski definition) is 5. The fourth-order valence-corrected chi connectivity index (χ4v) is 6.11. The van der Waals surface area contributed by atoms with Gasteiger partial charge in [0.1, 0.15) is 11.4 Å². The van der Waals surface area contributed by atoms with Crippen molar-refractivity contribution in [3.05, 3.63) is 66.7 Å². The molecule has 0 spiro atoms. The van der Waals surface area contributed by atoms with Crippen LogP contribution in [0.5, 0.6) is 0 Å². The average molecular weight is 628 g/mol. The second-order valence-electron chi connectivity index (χ2n) is 10.8. The molecule has 0 atom stereocenters. The second-order valence-corrected chi connectivity index (χ2v) is 10.8. The number of benzene rings is 2. The summed E-state index contributed by atoms with van der Waals surface area (Å²) in [5.41, 5.74) is 6.16. The molecule has 1 radical (unpaired) electrons. The van der Waals surface area contributed by atoms with Crippen LogP contribution in [0.25, 0.3) is 45.1 Å². The summed E-state index contributed by atoms with van der Waals surface area (Å²) < 4.78 is 4.70. The molecular weight excluding hydrogens is 592 g/mol. The summed E-state index contributed by atoms with van der Waals surface area (Å²) >= 11 is 0. The molecule has 213 valence electrons. The van der Waals surface area contributed by atoms with Crippen molar-refractivity contribution in [1.82, 2.24) is 33.9 Å². The van der Waals surface area contributed by atoms with Gasteiger partial charge < -0.3 is 33.9 Å². The van der Waals surface area contributed by atoms with Gasteiger partial charge in [-0.2, -0.15) is 0 Å². The smallest absolute Gasteiger partial charge is 1.00 e. The molecule has 0 bridgehead atoms. The van der Waals surface area contributed by atoms with Crippen LogP contribution in [0.15, 0.2) is 66.7 Å². The van der Waals surface area contributed by atoms with Crippen molar-refractivity contribution in [2.45, 2.75) is 51.9 Å².